The van der Waals surface area contributed by atoms with Crippen molar-refractivity contribution >= 4 is 0 Å². The van der Waals surface area contributed by atoms with Crippen LogP contribution in [0, 0.1) is 12.5 Å². The molecule has 0 amide bonds. The summed E-state index contributed by atoms with van der Waals surface area (Å²) in [6, 6.07) is 0. The Balaban J connectivity index is 3.40. The highest BCUT2D eigenvalue weighted by Gasteiger charge is 2.11. The van der Waals surface area contributed by atoms with Crippen LogP contribution < -0.4 is 0 Å². The fraction of sp³-hybridized carbons (Fsp3) is 0.900. The van der Waals surface area contributed by atoms with E-state index in [2.05, 4.69) is 18.7 Å². The summed E-state index contributed by atoms with van der Waals surface area (Å²) in [4.78, 5) is 3.56. The van der Waals surface area contributed by atoms with Gasteiger partial charge < -0.3 is 4.74 Å². The van der Waals surface area contributed by atoms with Crippen LogP contribution >= 0.6 is 0 Å². The third-order valence-corrected chi connectivity index (χ3v) is 2.07. The van der Waals surface area contributed by atoms with Crippen molar-refractivity contribution in [3.63, 3.8) is 0 Å². The zero-order valence-corrected chi connectivity index (χ0v) is 8.42. The van der Waals surface area contributed by atoms with Gasteiger partial charge in [-0.2, -0.15) is 0 Å². The summed E-state index contributed by atoms with van der Waals surface area (Å²) in [5.41, 5.74) is 0. The molecule has 70 valence electrons. The van der Waals surface area contributed by atoms with Gasteiger partial charge in [-0.05, 0) is 18.8 Å². The lowest BCUT2D eigenvalue weighted by molar-refractivity contribution is 0.0563. The Morgan fingerprint density at radius 2 is 2.00 bits per heavy atom. The smallest absolute Gasteiger partial charge is 0.263 e. The Hall–Kier alpha value is -0.550. The minimum Gasteiger partial charge on any atom is -0.381 e. The molecule has 0 rings (SSSR count). The highest BCUT2D eigenvalue weighted by Crippen LogP contribution is 2.12. The van der Waals surface area contributed by atoms with Crippen LogP contribution in [-0.4, -0.2) is 19.8 Å². The first kappa shape index (κ1) is 11.4. The van der Waals surface area contributed by atoms with E-state index in [1.165, 1.54) is 0 Å². The zero-order chi connectivity index (χ0) is 9.40. The summed E-state index contributed by atoms with van der Waals surface area (Å²) >= 11 is 0. The van der Waals surface area contributed by atoms with Crippen molar-refractivity contribution in [1.29, 1.82) is 0 Å². The van der Waals surface area contributed by atoms with E-state index in [9.17, 15) is 0 Å². The van der Waals surface area contributed by atoms with Crippen molar-refractivity contribution in [1.82, 2.24) is 0 Å². The monoisotopic (exact) mass is 170 g/mol. The molecular weight excluding hydrogens is 150 g/mol. The molecule has 0 aliphatic rings. The average molecular weight is 170 g/mol. The molecule has 0 aromatic rings. The first-order chi connectivity index (χ1) is 5.72. The van der Waals surface area contributed by atoms with Crippen LogP contribution in [0.1, 0.15) is 33.1 Å². The predicted molar refractivity (Wildman–Crippen MR) is 52.7 cm³/mol. The lowest BCUT2D eigenvalue weighted by Gasteiger charge is -2.18. The summed E-state index contributed by atoms with van der Waals surface area (Å²) in [7, 11) is 1.78. The summed E-state index contributed by atoms with van der Waals surface area (Å²) < 4.78 is 5.33. The first-order valence-electron chi connectivity index (χ1n) is 4.61. The number of rotatable bonds is 6. The largest absolute Gasteiger partial charge is 0.381 e. The standard InChI is InChI=1S/C10H20NO/c1-9(2)10(12-4)7-5-6-8-11-3/h3,9-10H,5-8H2,1-2,4H3/q+1. The third kappa shape index (κ3) is 5.15. The van der Waals surface area contributed by atoms with Gasteiger partial charge in [-0.3, -0.25) is 0 Å². The molecule has 2 nitrogen and oxygen atoms in total. The molecule has 0 heterocycles. The number of hydrogen-bond acceptors (Lipinski definition) is 1. The van der Waals surface area contributed by atoms with Crippen molar-refractivity contribution in [3.8, 4) is 6.57 Å². The quantitative estimate of drug-likeness (QED) is 0.559. The average Bonchev–Trinajstić information content (AvgIpc) is 2.04. The molecule has 0 bridgehead atoms. The Bertz CT molecular complexity index is 137. The van der Waals surface area contributed by atoms with Gasteiger partial charge >= 0.3 is 0 Å². The number of nitrogens with zero attached hydrogens (tertiary/aromatic N) is 1. The van der Waals surface area contributed by atoms with Gasteiger partial charge in [0.1, 0.15) is 0 Å². The molecule has 1 unspecified atom stereocenters. The molecule has 0 N–H and O–H groups in total. The van der Waals surface area contributed by atoms with E-state index in [-0.39, 0.29) is 0 Å². The van der Waals surface area contributed by atoms with Gasteiger partial charge in [0.05, 0.1) is 6.10 Å². The van der Waals surface area contributed by atoms with Crippen LogP contribution in [-0.2, 0) is 4.74 Å². The van der Waals surface area contributed by atoms with E-state index in [4.69, 9.17) is 11.3 Å². The molecule has 0 aromatic carbocycles. The summed E-state index contributed by atoms with van der Waals surface area (Å²) in [6.07, 6.45) is 3.73. The Labute approximate surface area is 75.7 Å². The predicted octanol–water partition coefficient (Wildman–Crippen LogP) is 2.79. The zero-order valence-electron chi connectivity index (χ0n) is 8.42. The maximum absolute atomic E-state index is 5.33. The molecule has 0 aliphatic carbocycles. The minimum absolute atomic E-state index is 0.391. The van der Waals surface area contributed by atoms with Crippen LogP contribution in [0.2, 0.25) is 0 Å². The van der Waals surface area contributed by atoms with Crippen molar-refractivity contribution < 1.29 is 4.74 Å². The molecule has 0 aromatic heterocycles. The van der Waals surface area contributed by atoms with E-state index in [0.29, 0.717) is 12.0 Å². The van der Waals surface area contributed by atoms with Crippen LogP contribution in [0.4, 0.5) is 0 Å². The summed E-state index contributed by atoms with van der Waals surface area (Å²) in [5.74, 6) is 0.602. The molecule has 0 radical (unpaired) electrons. The van der Waals surface area contributed by atoms with Gasteiger partial charge in [0.2, 0.25) is 0 Å². The maximum atomic E-state index is 5.33. The Morgan fingerprint density at radius 1 is 1.33 bits per heavy atom. The lowest BCUT2D eigenvalue weighted by atomic mass is 10.0. The highest BCUT2D eigenvalue weighted by molar-refractivity contribution is 4.67. The molecule has 0 fully saturated rings. The summed E-state index contributed by atoms with van der Waals surface area (Å²) in [6.45, 7) is 10.2. The molecule has 0 spiro atoms. The van der Waals surface area contributed by atoms with Gasteiger partial charge in [-0.15, -0.1) is 0 Å². The Kier molecular flexibility index (Phi) is 6.79. The van der Waals surface area contributed by atoms with Crippen molar-refractivity contribution in [2.24, 2.45) is 5.92 Å². The fourth-order valence-corrected chi connectivity index (χ4v) is 1.27. The second kappa shape index (κ2) is 7.12. The summed E-state index contributed by atoms with van der Waals surface area (Å²) in [5, 5.41) is 0. The maximum Gasteiger partial charge on any atom is 0.263 e. The van der Waals surface area contributed by atoms with Crippen LogP contribution in [0.5, 0.6) is 0 Å². The SMILES string of the molecule is C#[N+]CCCCC(OC)C(C)C. The Morgan fingerprint density at radius 3 is 2.42 bits per heavy atom. The molecule has 0 saturated carbocycles. The number of ether oxygens (including phenoxy) is 1. The van der Waals surface area contributed by atoms with Gasteiger partial charge in [0, 0.05) is 13.5 Å². The van der Waals surface area contributed by atoms with Crippen LogP contribution in [0.15, 0.2) is 0 Å². The van der Waals surface area contributed by atoms with Crippen molar-refractivity contribution in [2.75, 3.05) is 13.7 Å². The second-order valence-corrected chi connectivity index (χ2v) is 3.42. The number of unbranched alkanes of at least 4 members (excludes halogenated alkanes) is 1. The van der Waals surface area contributed by atoms with Crippen molar-refractivity contribution in [2.45, 2.75) is 39.2 Å². The van der Waals surface area contributed by atoms with E-state index >= 15 is 0 Å². The van der Waals surface area contributed by atoms with Gasteiger partial charge in [-0.25, -0.2) is 0 Å². The van der Waals surface area contributed by atoms with Crippen molar-refractivity contribution in [3.05, 3.63) is 4.85 Å². The molecular formula is C10H20NO+. The fourth-order valence-electron chi connectivity index (χ4n) is 1.27. The van der Waals surface area contributed by atoms with E-state index in [1.807, 2.05) is 0 Å². The molecule has 1 atom stereocenters. The molecule has 2 heteroatoms. The van der Waals surface area contributed by atoms with Gasteiger partial charge in [-0.1, -0.05) is 18.7 Å². The van der Waals surface area contributed by atoms with E-state index in [0.717, 1.165) is 25.8 Å². The number of methoxy groups -OCH3 is 1. The topological polar surface area (TPSA) is 13.6 Å². The van der Waals surface area contributed by atoms with Gasteiger partial charge in [0.15, 0.2) is 0 Å². The normalized spacial score (nSPS) is 12.9. The van der Waals surface area contributed by atoms with E-state index < -0.39 is 0 Å². The second-order valence-electron chi connectivity index (χ2n) is 3.42. The first-order valence-corrected chi connectivity index (χ1v) is 4.61. The van der Waals surface area contributed by atoms with Crippen LogP contribution in [0.3, 0.4) is 0 Å². The molecule has 0 saturated heterocycles. The van der Waals surface area contributed by atoms with Gasteiger partial charge in [0.25, 0.3) is 13.1 Å². The lowest BCUT2D eigenvalue weighted by Crippen LogP contribution is -2.17. The third-order valence-electron chi connectivity index (χ3n) is 2.07. The number of hydrogen-bond donors (Lipinski definition) is 0. The molecule has 12 heavy (non-hydrogen) atoms. The molecule has 0 aliphatic heterocycles. The minimum atomic E-state index is 0.391. The van der Waals surface area contributed by atoms with Crippen LogP contribution in [0.25, 0.3) is 4.85 Å². The highest BCUT2D eigenvalue weighted by atomic mass is 16.5. The van der Waals surface area contributed by atoms with E-state index in [1.54, 1.807) is 7.11 Å².